The summed E-state index contributed by atoms with van der Waals surface area (Å²) in [7, 11) is 0. The van der Waals surface area contributed by atoms with Gasteiger partial charge in [0.05, 0.1) is 5.92 Å². The molecule has 2 unspecified atom stereocenters. The van der Waals surface area contributed by atoms with Gasteiger partial charge in [-0.2, -0.15) is 16.7 Å². The number of rotatable bonds is 3. The number of nitrogens with zero attached hydrogens (tertiary/aromatic N) is 2. The molecule has 2 atom stereocenters. The Morgan fingerprint density at radius 3 is 2.93 bits per heavy atom. The third-order valence-corrected chi connectivity index (χ3v) is 3.73. The highest BCUT2D eigenvalue weighted by Gasteiger charge is 2.30. The van der Waals surface area contributed by atoms with Gasteiger partial charge in [0.1, 0.15) is 0 Å². The first kappa shape index (κ1) is 11.0. The van der Waals surface area contributed by atoms with Crippen LogP contribution in [-0.4, -0.2) is 27.7 Å². The summed E-state index contributed by atoms with van der Waals surface area (Å²) >= 11 is 1.86. The fraction of sp³-hybridized carbons (Fsp3) is 0.800. The van der Waals surface area contributed by atoms with E-state index in [1.165, 1.54) is 0 Å². The molecule has 0 aliphatic carbocycles. The minimum Gasteiger partial charge on any atom is -0.339 e. The topological polar surface area (TPSA) is 64.9 Å². The Balaban J connectivity index is 2.06. The molecule has 1 saturated heterocycles. The van der Waals surface area contributed by atoms with Gasteiger partial charge in [0.15, 0.2) is 5.82 Å². The molecule has 2 rings (SSSR count). The van der Waals surface area contributed by atoms with Crippen molar-refractivity contribution in [1.82, 2.24) is 10.1 Å². The Kier molecular flexibility index (Phi) is 3.31. The minimum absolute atomic E-state index is 0.169. The van der Waals surface area contributed by atoms with Gasteiger partial charge in [0.2, 0.25) is 5.89 Å². The lowest BCUT2D eigenvalue weighted by Crippen LogP contribution is -2.26. The molecule has 5 heteroatoms. The molecule has 2 heterocycles. The normalized spacial score (nSPS) is 26.4. The molecule has 15 heavy (non-hydrogen) atoms. The minimum atomic E-state index is 0.169. The summed E-state index contributed by atoms with van der Waals surface area (Å²) in [5, 5.41) is 3.98. The van der Waals surface area contributed by atoms with Crippen LogP contribution in [0.5, 0.6) is 0 Å². The Morgan fingerprint density at radius 2 is 2.33 bits per heavy atom. The van der Waals surface area contributed by atoms with E-state index in [9.17, 15) is 0 Å². The Labute approximate surface area is 94.0 Å². The van der Waals surface area contributed by atoms with Gasteiger partial charge < -0.3 is 10.3 Å². The first-order chi connectivity index (χ1) is 7.16. The first-order valence-electron chi connectivity index (χ1n) is 5.32. The van der Waals surface area contributed by atoms with Crippen LogP contribution in [0.3, 0.4) is 0 Å². The van der Waals surface area contributed by atoms with E-state index in [-0.39, 0.29) is 12.0 Å². The van der Waals surface area contributed by atoms with Gasteiger partial charge in [-0.1, -0.05) is 19.0 Å². The van der Waals surface area contributed by atoms with E-state index in [4.69, 9.17) is 10.3 Å². The molecule has 84 valence electrons. The highest BCUT2D eigenvalue weighted by atomic mass is 32.2. The largest absolute Gasteiger partial charge is 0.339 e. The van der Waals surface area contributed by atoms with E-state index >= 15 is 0 Å². The molecule has 0 saturated carbocycles. The number of nitrogens with two attached hydrogens (primary N) is 1. The molecule has 0 amide bonds. The van der Waals surface area contributed by atoms with Crippen molar-refractivity contribution in [1.29, 1.82) is 0 Å². The standard InChI is InChI=1S/C10H17N3OS/c1-6(2)3-9-12-10(14-13-9)7-4-15-5-8(7)11/h6-8H,3-5,11H2,1-2H3. The summed E-state index contributed by atoms with van der Waals surface area (Å²) in [6, 6.07) is 0.169. The molecule has 1 aliphatic heterocycles. The van der Waals surface area contributed by atoms with Crippen molar-refractivity contribution in [2.45, 2.75) is 32.2 Å². The second kappa shape index (κ2) is 4.53. The fourth-order valence-corrected chi connectivity index (χ4v) is 2.98. The van der Waals surface area contributed by atoms with Crippen LogP contribution in [0.1, 0.15) is 31.5 Å². The van der Waals surface area contributed by atoms with Crippen molar-refractivity contribution >= 4 is 11.8 Å². The van der Waals surface area contributed by atoms with E-state index in [0.717, 1.165) is 29.6 Å². The monoisotopic (exact) mass is 227 g/mol. The zero-order valence-corrected chi connectivity index (χ0v) is 9.96. The van der Waals surface area contributed by atoms with Crippen LogP contribution in [0.2, 0.25) is 0 Å². The fourth-order valence-electron chi connectivity index (χ4n) is 1.69. The number of hydrogen-bond donors (Lipinski definition) is 1. The second-order valence-corrected chi connectivity index (χ2v) is 5.53. The van der Waals surface area contributed by atoms with Gasteiger partial charge in [-0.3, -0.25) is 0 Å². The van der Waals surface area contributed by atoms with E-state index < -0.39 is 0 Å². The SMILES string of the molecule is CC(C)Cc1noc(C2CSCC2N)n1. The number of thioether (sulfide) groups is 1. The molecule has 1 aromatic heterocycles. The first-order valence-corrected chi connectivity index (χ1v) is 6.48. The Morgan fingerprint density at radius 1 is 1.53 bits per heavy atom. The smallest absolute Gasteiger partial charge is 0.232 e. The summed E-state index contributed by atoms with van der Waals surface area (Å²) < 4.78 is 5.27. The zero-order valence-electron chi connectivity index (χ0n) is 9.14. The average Bonchev–Trinajstić information content (AvgIpc) is 2.72. The maximum atomic E-state index is 5.97. The van der Waals surface area contributed by atoms with Crippen molar-refractivity contribution in [2.24, 2.45) is 11.7 Å². The summed E-state index contributed by atoms with van der Waals surface area (Å²) in [6.45, 7) is 4.29. The molecular formula is C10H17N3OS. The van der Waals surface area contributed by atoms with Gasteiger partial charge in [0, 0.05) is 24.0 Å². The molecule has 1 aliphatic rings. The van der Waals surface area contributed by atoms with Gasteiger partial charge >= 0.3 is 0 Å². The van der Waals surface area contributed by atoms with E-state index in [0.29, 0.717) is 5.92 Å². The molecule has 0 bridgehead atoms. The van der Waals surface area contributed by atoms with Crippen LogP contribution >= 0.6 is 11.8 Å². The van der Waals surface area contributed by atoms with Crippen molar-refractivity contribution < 1.29 is 4.52 Å². The summed E-state index contributed by atoms with van der Waals surface area (Å²) in [5.41, 5.74) is 5.97. The molecule has 0 radical (unpaired) electrons. The summed E-state index contributed by atoms with van der Waals surface area (Å²) in [4.78, 5) is 4.41. The second-order valence-electron chi connectivity index (χ2n) is 4.45. The average molecular weight is 227 g/mol. The Bertz CT molecular complexity index is 326. The Hall–Kier alpha value is -0.550. The molecule has 0 spiro atoms. The quantitative estimate of drug-likeness (QED) is 0.846. The maximum absolute atomic E-state index is 5.97. The predicted octanol–water partition coefficient (Wildman–Crippen LogP) is 1.43. The molecule has 1 fully saturated rings. The lowest BCUT2D eigenvalue weighted by atomic mass is 10.1. The van der Waals surface area contributed by atoms with E-state index in [1.54, 1.807) is 0 Å². The molecule has 0 aromatic carbocycles. The van der Waals surface area contributed by atoms with Crippen LogP contribution in [0.25, 0.3) is 0 Å². The van der Waals surface area contributed by atoms with Crippen molar-refractivity contribution in [2.75, 3.05) is 11.5 Å². The third-order valence-electron chi connectivity index (χ3n) is 2.52. The van der Waals surface area contributed by atoms with Crippen molar-refractivity contribution in [3.8, 4) is 0 Å². The van der Waals surface area contributed by atoms with Crippen molar-refractivity contribution in [3.63, 3.8) is 0 Å². The van der Waals surface area contributed by atoms with Crippen LogP contribution < -0.4 is 5.73 Å². The third kappa shape index (κ3) is 2.52. The predicted molar refractivity (Wildman–Crippen MR) is 60.9 cm³/mol. The molecule has 2 N–H and O–H groups in total. The zero-order chi connectivity index (χ0) is 10.8. The lowest BCUT2D eigenvalue weighted by Gasteiger charge is -2.07. The number of hydrogen-bond acceptors (Lipinski definition) is 5. The highest BCUT2D eigenvalue weighted by molar-refractivity contribution is 7.99. The maximum Gasteiger partial charge on any atom is 0.232 e. The van der Waals surface area contributed by atoms with Crippen LogP contribution in [0.4, 0.5) is 0 Å². The van der Waals surface area contributed by atoms with Gasteiger partial charge in [-0.15, -0.1) is 0 Å². The van der Waals surface area contributed by atoms with E-state index in [2.05, 4.69) is 24.0 Å². The highest BCUT2D eigenvalue weighted by Crippen LogP contribution is 2.30. The summed E-state index contributed by atoms with van der Waals surface area (Å²) in [5.74, 6) is 4.34. The van der Waals surface area contributed by atoms with Crippen LogP contribution in [0, 0.1) is 5.92 Å². The van der Waals surface area contributed by atoms with Gasteiger partial charge in [-0.25, -0.2) is 0 Å². The van der Waals surface area contributed by atoms with Crippen LogP contribution in [-0.2, 0) is 6.42 Å². The van der Waals surface area contributed by atoms with Crippen LogP contribution in [0.15, 0.2) is 4.52 Å². The molecule has 1 aromatic rings. The van der Waals surface area contributed by atoms with Gasteiger partial charge in [-0.05, 0) is 5.92 Å². The number of aromatic nitrogens is 2. The molecule has 4 nitrogen and oxygen atoms in total. The van der Waals surface area contributed by atoms with E-state index in [1.807, 2.05) is 11.8 Å². The molecular weight excluding hydrogens is 210 g/mol. The van der Waals surface area contributed by atoms with Crippen molar-refractivity contribution in [3.05, 3.63) is 11.7 Å². The summed E-state index contributed by atoms with van der Waals surface area (Å²) in [6.07, 6.45) is 0.874. The lowest BCUT2D eigenvalue weighted by molar-refractivity contribution is 0.347. The van der Waals surface area contributed by atoms with Gasteiger partial charge in [0.25, 0.3) is 0 Å².